The van der Waals surface area contributed by atoms with Crippen LogP contribution < -0.4 is 11.2 Å². The van der Waals surface area contributed by atoms with E-state index in [-0.39, 0.29) is 6.10 Å². The van der Waals surface area contributed by atoms with Crippen LogP contribution in [0.25, 0.3) is 0 Å². The summed E-state index contributed by atoms with van der Waals surface area (Å²) in [7, 11) is 0. The van der Waals surface area contributed by atoms with Crippen molar-refractivity contribution in [2.75, 3.05) is 5.75 Å². The first-order valence-electron chi connectivity index (χ1n) is 5.29. The highest BCUT2D eigenvalue weighted by molar-refractivity contribution is 7.80. The fourth-order valence-corrected chi connectivity index (χ4v) is 2.18. The van der Waals surface area contributed by atoms with Gasteiger partial charge >= 0.3 is 5.69 Å². The average molecular weight is 258 g/mol. The first-order chi connectivity index (χ1) is 8.02. The third kappa shape index (κ3) is 2.31. The van der Waals surface area contributed by atoms with Crippen molar-refractivity contribution in [3.05, 3.63) is 32.6 Å². The minimum atomic E-state index is -0.642. The van der Waals surface area contributed by atoms with Crippen LogP contribution in [0.1, 0.15) is 18.2 Å². The maximum atomic E-state index is 11.6. The third-order valence-electron chi connectivity index (χ3n) is 2.84. The lowest BCUT2D eigenvalue weighted by atomic mass is 10.2. The van der Waals surface area contributed by atoms with Crippen LogP contribution in [0.3, 0.4) is 0 Å². The summed E-state index contributed by atoms with van der Waals surface area (Å²) in [5.41, 5.74) is -0.509. The number of aryl methyl sites for hydroxylation is 1. The molecule has 1 aromatic rings. The van der Waals surface area contributed by atoms with E-state index in [0.29, 0.717) is 17.7 Å². The monoisotopic (exact) mass is 258 g/mol. The van der Waals surface area contributed by atoms with Gasteiger partial charge in [-0.15, -0.1) is 0 Å². The molecule has 1 aliphatic heterocycles. The fraction of sp³-hybridized carbons (Fsp3) is 0.600. The number of H-pyrrole nitrogens is 1. The molecular formula is C10H14N2O4S. The number of thiol groups is 1. The standard InChI is InChI=1S/C10H14N2O4S/c1-5-3-12(10(15)11-9(5)14)8-2-6(13)7(4-17)16-8/h3,6-8,13,17H,2,4H2,1H3,(H,11,14,15)/t6-,7+,8-/m1/s1. The summed E-state index contributed by atoms with van der Waals surface area (Å²) in [5, 5.41) is 9.67. The summed E-state index contributed by atoms with van der Waals surface area (Å²) in [4.78, 5) is 25.0. The molecule has 0 bridgehead atoms. The fourth-order valence-electron chi connectivity index (χ4n) is 1.85. The molecule has 2 N–H and O–H groups in total. The van der Waals surface area contributed by atoms with Crippen LogP contribution >= 0.6 is 12.6 Å². The SMILES string of the molecule is Cc1cn([C@H]2C[C@@H](O)[C@H](CS)O2)c(=O)[nH]c1=O. The number of nitrogens with zero attached hydrogens (tertiary/aromatic N) is 1. The van der Waals surface area contributed by atoms with Crippen molar-refractivity contribution >= 4 is 12.6 Å². The molecule has 0 amide bonds. The molecule has 0 saturated carbocycles. The smallest absolute Gasteiger partial charge is 0.330 e. The first kappa shape index (κ1) is 12.4. The van der Waals surface area contributed by atoms with Gasteiger partial charge < -0.3 is 9.84 Å². The number of hydrogen-bond acceptors (Lipinski definition) is 5. The van der Waals surface area contributed by atoms with Gasteiger partial charge in [0.05, 0.1) is 12.2 Å². The predicted molar refractivity (Wildman–Crippen MR) is 64.4 cm³/mol. The average Bonchev–Trinajstić information content (AvgIpc) is 2.65. The van der Waals surface area contributed by atoms with Gasteiger partial charge in [-0.1, -0.05) is 0 Å². The summed E-state index contributed by atoms with van der Waals surface area (Å²) in [6, 6.07) is 0. The normalized spacial score (nSPS) is 28.5. The highest BCUT2D eigenvalue weighted by Gasteiger charge is 2.34. The molecular weight excluding hydrogens is 244 g/mol. The molecule has 94 valence electrons. The van der Waals surface area contributed by atoms with Crippen LogP contribution in [0.15, 0.2) is 15.8 Å². The maximum Gasteiger partial charge on any atom is 0.330 e. The highest BCUT2D eigenvalue weighted by Crippen LogP contribution is 2.27. The highest BCUT2D eigenvalue weighted by atomic mass is 32.1. The maximum absolute atomic E-state index is 11.6. The lowest BCUT2D eigenvalue weighted by Crippen LogP contribution is -2.33. The minimum Gasteiger partial charge on any atom is -0.390 e. The predicted octanol–water partition coefficient (Wildman–Crippen LogP) is -0.577. The Kier molecular flexibility index (Phi) is 3.41. The molecule has 0 spiro atoms. The van der Waals surface area contributed by atoms with Crippen molar-refractivity contribution in [2.24, 2.45) is 0 Å². The molecule has 1 fully saturated rings. The number of hydrogen-bond donors (Lipinski definition) is 3. The molecule has 0 unspecified atom stereocenters. The summed E-state index contributed by atoms with van der Waals surface area (Å²) < 4.78 is 6.79. The van der Waals surface area contributed by atoms with Gasteiger partial charge in [0.1, 0.15) is 6.23 Å². The van der Waals surface area contributed by atoms with Gasteiger partial charge in [-0.3, -0.25) is 14.3 Å². The molecule has 0 radical (unpaired) electrons. The van der Waals surface area contributed by atoms with Crippen LogP contribution in [0, 0.1) is 6.92 Å². The minimum absolute atomic E-state index is 0.316. The van der Waals surface area contributed by atoms with Gasteiger partial charge in [0.15, 0.2) is 0 Å². The van der Waals surface area contributed by atoms with Crippen molar-refractivity contribution in [1.82, 2.24) is 9.55 Å². The van der Waals surface area contributed by atoms with E-state index in [9.17, 15) is 14.7 Å². The zero-order valence-electron chi connectivity index (χ0n) is 9.29. The number of nitrogens with one attached hydrogen (secondary N) is 1. The van der Waals surface area contributed by atoms with E-state index >= 15 is 0 Å². The number of ether oxygens (including phenoxy) is 1. The second kappa shape index (κ2) is 4.67. The molecule has 1 saturated heterocycles. The molecule has 6 nitrogen and oxygen atoms in total. The van der Waals surface area contributed by atoms with Gasteiger partial charge in [0.25, 0.3) is 5.56 Å². The summed E-state index contributed by atoms with van der Waals surface area (Å²) >= 11 is 4.06. The van der Waals surface area contributed by atoms with E-state index in [1.54, 1.807) is 6.92 Å². The van der Waals surface area contributed by atoms with Crippen LogP contribution in [0.2, 0.25) is 0 Å². The van der Waals surface area contributed by atoms with E-state index in [4.69, 9.17) is 4.74 Å². The Morgan fingerprint density at radius 1 is 1.65 bits per heavy atom. The van der Waals surface area contributed by atoms with Crippen LogP contribution in [0.5, 0.6) is 0 Å². The lowest BCUT2D eigenvalue weighted by molar-refractivity contribution is -0.00746. The topological polar surface area (TPSA) is 84.3 Å². The molecule has 1 aliphatic rings. The zero-order valence-corrected chi connectivity index (χ0v) is 10.2. The van der Waals surface area contributed by atoms with Crippen molar-refractivity contribution in [1.29, 1.82) is 0 Å². The van der Waals surface area contributed by atoms with E-state index in [0.717, 1.165) is 0 Å². The van der Waals surface area contributed by atoms with Gasteiger partial charge in [-0.25, -0.2) is 4.79 Å². The summed E-state index contributed by atoms with van der Waals surface area (Å²) in [5.74, 6) is 0.384. The third-order valence-corrected chi connectivity index (χ3v) is 3.20. The van der Waals surface area contributed by atoms with E-state index in [2.05, 4.69) is 17.6 Å². The molecule has 7 heteroatoms. The Balaban J connectivity index is 2.34. The zero-order chi connectivity index (χ0) is 12.6. The number of rotatable bonds is 2. The van der Waals surface area contributed by atoms with Crippen LogP contribution in [-0.2, 0) is 4.74 Å². The van der Waals surface area contributed by atoms with E-state index in [1.807, 2.05) is 0 Å². The Labute approximate surface area is 103 Å². The number of aromatic amines is 1. The van der Waals surface area contributed by atoms with Crippen molar-refractivity contribution < 1.29 is 9.84 Å². The molecule has 0 aromatic carbocycles. The lowest BCUT2D eigenvalue weighted by Gasteiger charge is -2.14. The number of aliphatic hydroxyl groups is 1. The second-order valence-electron chi connectivity index (χ2n) is 4.09. The van der Waals surface area contributed by atoms with Gasteiger partial charge in [0.2, 0.25) is 0 Å². The molecule has 0 aliphatic carbocycles. The molecule has 17 heavy (non-hydrogen) atoms. The van der Waals surface area contributed by atoms with Crippen molar-refractivity contribution in [3.8, 4) is 0 Å². The quantitative estimate of drug-likeness (QED) is 0.620. The van der Waals surface area contributed by atoms with Gasteiger partial charge in [0, 0.05) is 23.9 Å². The Bertz CT molecular complexity index is 524. The second-order valence-corrected chi connectivity index (χ2v) is 4.46. The van der Waals surface area contributed by atoms with Crippen LogP contribution in [-0.4, -0.2) is 32.6 Å². The molecule has 2 rings (SSSR count). The van der Waals surface area contributed by atoms with Crippen LogP contribution in [0.4, 0.5) is 0 Å². The van der Waals surface area contributed by atoms with Crippen molar-refractivity contribution in [3.63, 3.8) is 0 Å². The Hall–Kier alpha value is -1.05. The number of aromatic nitrogens is 2. The van der Waals surface area contributed by atoms with Gasteiger partial charge in [-0.2, -0.15) is 12.6 Å². The first-order valence-corrected chi connectivity index (χ1v) is 5.92. The Morgan fingerprint density at radius 3 is 2.94 bits per heavy atom. The van der Waals surface area contributed by atoms with E-state index < -0.39 is 23.6 Å². The summed E-state index contributed by atoms with van der Waals surface area (Å²) in [6.45, 7) is 1.61. The molecule has 3 atom stereocenters. The van der Waals surface area contributed by atoms with E-state index in [1.165, 1.54) is 10.8 Å². The molecule has 2 heterocycles. The summed E-state index contributed by atoms with van der Waals surface area (Å²) in [6.07, 6.45) is 0.181. The molecule has 1 aromatic heterocycles. The van der Waals surface area contributed by atoms with Crippen molar-refractivity contribution in [2.45, 2.75) is 31.8 Å². The van der Waals surface area contributed by atoms with Gasteiger partial charge in [-0.05, 0) is 6.92 Å². The largest absolute Gasteiger partial charge is 0.390 e. The number of aliphatic hydroxyl groups excluding tert-OH is 1. The Morgan fingerprint density at radius 2 is 2.35 bits per heavy atom.